The van der Waals surface area contributed by atoms with E-state index in [0.29, 0.717) is 30.5 Å². The molecule has 0 amide bonds. The zero-order chi connectivity index (χ0) is 26.7. The van der Waals surface area contributed by atoms with Crippen LogP contribution >= 0.6 is 0 Å². The maximum Gasteiger partial charge on any atom is 0.130 e. The minimum atomic E-state index is -1.22. The van der Waals surface area contributed by atoms with E-state index in [1.807, 2.05) is 97.9 Å². The lowest BCUT2D eigenvalue weighted by molar-refractivity contribution is -0.306. The lowest BCUT2D eigenvalue weighted by Gasteiger charge is -2.21. The SMILES string of the molecule is CN(C)CCOc1cccc(C[C@H](Nc2cc(-c3ccc(OCc4ccccc4)cc3)ncn2)C(=O)[O-])c1. The molecule has 0 spiro atoms. The summed E-state index contributed by atoms with van der Waals surface area (Å²) in [4.78, 5) is 22.5. The van der Waals surface area contributed by atoms with Gasteiger partial charge in [0.1, 0.15) is 36.9 Å². The van der Waals surface area contributed by atoms with E-state index in [2.05, 4.69) is 15.3 Å². The number of aliphatic carboxylic acids is 1. The zero-order valence-electron chi connectivity index (χ0n) is 21.5. The molecule has 1 atom stereocenters. The van der Waals surface area contributed by atoms with Gasteiger partial charge < -0.3 is 29.6 Å². The highest BCUT2D eigenvalue weighted by Crippen LogP contribution is 2.23. The van der Waals surface area contributed by atoms with Crippen molar-refractivity contribution in [2.45, 2.75) is 19.1 Å². The number of carboxylic acids is 1. The van der Waals surface area contributed by atoms with Crippen LogP contribution in [0.15, 0.2) is 91.3 Å². The highest BCUT2D eigenvalue weighted by molar-refractivity contribution is 5.76. The monoisotopic (exact) mass is 511 g/mol. The van der Waals surface area contributed by atoms with Crippen molar-refractivity contribution in [1.82, 2.24) is 14.9 Å². The molecule has 0 aliphatic heterocycles. The van der Waals surface area contributed by atoms with E-state index in [1.165, 1.54) is 6.33 Å². The first-order chi connectivity index (χ1) is 18.5. The second-order valence-electron chi connectivity index (χ2n) is 9.11. The Morgan fingerprint density at radius 1 is 0.895 bits per heavy atom. The molecule has 3 aromatic carbocycles. The molecule has 0 aliphatic rings. The quantitative estimate of drug-likeness (QED) is 0.292. The van der Waals surface area contributed by atoms with Crippen molar-refractivity contribution in [2.24, 2.45) is 0 Å². The highest BCUT2D eigenvalue weighted by atomic mass is 16.5. The number of benzene rings is 3. The van der Waals surface area contributed by atoms with Gasteiger partial charge in [0.15, 0.2) is 0 Å². The molecule has 196 valence electrons. The summed E-state index contributed by atoms with van der Waals surface area (Å²) in [7, 11) is 3.95. The number of hydrogen-bond donors (Lipinski definition) is 1. The van der Waals surface area contributed by atoms with Crippen LogP contribution < -0.4 is 19.9 Å². The van der Waals surface area contributed by atoms with E-state index in [9.17, 15) is 9.90 Å². The molecular formula is C30H31N4O4-. The molecule has 0 aliphatic carbocycles. The maximum atomic E-state index is 11.9. The predicted octanol–water partition coefficient (Wildman–Crippen LogP) is 3.44. The molecule has 8 nitrogen and oxygen atoms in total. The molecule has 0 saturated heterocycles. The molecule has 0 unspecified atom stereocenters. The normalized spacial score (nSPS) is 11.7. The summed E-state index contributed by atoms with van der Waals surface area (Å²) in [6.45, 7) is 1.81. The second-order valence-corrected chi connectivity index (χ2v) is 9.11. The molecule has 4 rings (SSSR count). The number of rotatable bonds is 13. The van der Waals surface area contributed by atoms with Crippen LogP contribution in [0.1, 0.15) is 11.1 Å². The number of carbonyl (C=O) groups excluding carboxylic acids is 1. The molecule has 1 aromatic heterocycles. The number of nitrogens with zero attached hydrogens (tertiary/aromatic N) is 3. The first-order valence-corrected chi connectivity index (χ1v) is 12.4. The van der Waals surface area contributed by atoms with Crippen molar-refractivity contribution in [3.8, 4) is 22.8 Å². The van der Waals surface area contributed by atoms with Crippen molar-refractivity contribution in [3.05, 3.63) is 102 Å². The Bertz CT molecular complexity index is 1310. The molecule has 8 heteroatoms. The number of ether oxygens (including phenoxy) is 2. The van der Waals surface area contributed by atoms with Gasteiger partial charge in [0.05, 0.1) is 17.7 Å². The number of hydrogen-bond acceptors (Lipinski definition) is 8. The molecule has 1 N–H and O–H groups in total. The third-order valence-corrected chi connectivity index (χ3v) is 5.82. The molecule has 4 aromatic rings. The van der Waals surface area contributed by atoms with Gasteiger partial charge in [-0.3, -0.25) is 0 Å². The Hall–Kier alpha value is -4.43. The van der Waals surface area contributed by atoms with Crippen molar-refractivity contribution >= 4 is 11.8 Å². The Labute approximate surface area is 222 Å². The Balaban J connectivity index is 1.39. The van der Waals surface area contributed by atoms with Crippen LogP contribution in [0, 0.1) is 0 Å². The smallest absolute Gasteiger partial charge is 0.130 e. The van der Waals surface area contributed by atoms with Gasteiger partial charge in [-0.2, -0.15) is 0 Å². The van der Waals surface area contributed by atoms with Crippen molar-refractivity contribution in [1.29, 1.82) is 0 Å². The standard InChI is InChI=1S/C30H32N4O4/c1-34(2)15-16-37-26-10-6-9-23(17-26)18-28(30(35)36)33-29-19-27(31-21-32-29)24-11-13-25(14-12-24)38-20-22-7-4-3-5-8-22/h3-14,17,19,21,28H,15-16,18,20H2,1-2H3,(H,35,36)(H,31,32,33)/p-1/t28-/m0/s1. The van der Waals surface area contributed by atoms with Gasteiger partial charge in [0, 0.05) is 18.2 Å². The summed E-state index contributed by atoms with van der Waals surface area (Å²) in [5.74, 6) is 0.618. The topological polar surface area (TPSA) is 99.6 Å². The fourth-order valence-corrected chi connectivity index (χ4v) is 3.77. The summed E-state index contributed by atoms with van der Waals surface area (Å²) in [6, 6.07) is 25.7. The Morgan fingerprint density at radius 2 is 1.66 bits per heavy atom. The number of carboxylic acid groups (broad SMARTS) is 1. The summed E-state index contributed by atoms with van der Waals surface area (Å²) >= 11 is 0. The van der Waals surface area contributed by atoms with Gasteiger partial charge in [0.2, 0.25) is 0 Å². The summed E-state index contributed by atoms with van der Waals surface area (Å²) in [6.07, 6.45) is 1.61. The average Bonchev–Trinajstić information content (AvgIpc) is 2.92. The zero-order valence-corrected chi connectivity index (χ0v) is 21.5. The minimum absolute atomic E-state index is 0.208. The predicted molar refractivity (Wildman–Crippen MR) is 145 cm³/mol. The Morgan fingerprint density at radius 3 is 2.39 bits per heavy atom. The van der Waals surface area contributed by atoms with Gasteiger partial charge >= 0.3 is 0 Å². The number of likely N-dealkylation sites (N-methyl/N-ethyl adjacent to an activating group) is 1. The highest BCUT2D eigenvalue weighted by Gasteiger charge is 2.13. The van der Waals surface area contributed by atoms with E-state index in [4.69, 9.17) is 9.47 Å². The van der Waals surface area contributed by atoms with Crippen LogP contribution in [0.4, 0.5) is 5.82 Å². The second kappa shape index (κ2) is 13.2. The summed E-state index contributed by atoms with van der Waals surface area (Å²) in [5.41, 5.74) is 3.42. The van der Waals surface area contributed by atoms with E-state index < -0.39 is 12.0 Å². The molecule has 0 fully saturated rings. The fraction of sp³-hybridized carbons (Fsp3) is 0.233. The summed E-state index contributed by atoms with van der Waals surface area (Å²) in [5, 5.41) is 14.9. The van der Waals surface area contributed by atoms with Gasteiger partial charge in [-0.05, 0) is 68.0 Å². The molecule has 1 heterocycles. The first kappa shape index (κ1) is 26.6. The van der Waals surface area contributed by atoms with Crippen LogP contribution in [0.25, 0.3) is 11.3 Å². The molecule has 0 radical (unpaired) electrons. The Kier molecular flexibility index (Phi) is 9.26. The largest absolute Gasteiger partial charge is 0.548 e. The number of carbonyl (C=O) groups is 1. The van der Waals surface area contributed by atoms with Crippen LogP contribution in [0.5, 0.6) is 11.5 Å². The third-order valence-electron chi connectivity index (χ3n) is 5.82. The number of nitrogens with one attached hydrogen (secondary N) is 1. The van der Waals surface area contributed by atoms with Crippen LogP contribution in [0.3, 0.4) is 0 Å². The van der Waals surface area contributed by atoms with E-state index in [-0.39, 0.29) is 6.42 Å². The van der Waals surface area contributed by atoms with Crippen molar-refractivity contribution < 1.29 is 19.4 Å². The molecular weight excluding hydrogens is 480 g/mol. The van der Waals surface area contributed by atoms with Gasteiger partial charge in [-0.15, -0.1) is 0 Å². The van der Waals surface area contributed by atoms with E-state index in [0.717, 1.165) is 29.0 Å². The average molecular weight is 512 g/mol. The first-order valence-electron chi connectivity index (χ1n) is 12.4. The van der Waals surface area contributed by atoms with Crippen LogP contribution in [-0.4, -0.2) is 54.1 Å². The minimum Gasteiger partial charge on any atom is -0.548 e. The van der Waals surface area contributed by atoms with Crippen molar-refractivity contribution in [3.63, 3.8) is 0 Å². The van der Waals surface area contributed by atoms with Gasteiger partial charge in [-0.25, -0.2) is 9.97 Å². The number of aromatic nitrogens is 2. The third kappa shape index (κ3) is 8.04. The van der Waals surface area contributed by atoms with Crippen LogP contribution in [-0.2, 0) is 17.8 Å². The van der Waals surface area contributed by atoms with Crippen LogP contribution in [0.2, 0.25) is 0 Å². The molecule has 0 saturated carbocycles. The lowest BCUT2D eigenvalue weighted by Crippen LogP contribution is -2.42. The van der Waals surface area contributed by atoms with E-state index >= 15 is 0 Å². The lowest BCUT2D eigenvalue weighted by atomic mass is 10.1. The fourth-order valence-electron chi connectivity index (χ4n) is 3.77. The maximum absolute atomic E-state index is 11.9. The number of anilines is 1. The van der Waals surface area contributed by atoms with Crippen molar-refractivity contribution in [2.75, 3.05) is 32.6 Å². The molecule has 38 heavy (non-hydrogen) atoms. The van der Waals surface area contributed by atoms with Gasteiger partial charge in [0.25, 0.3) is 0 Å². The molecule has 0 bridgehead atoms. The van der Waals surface area contributed by atoms with E-state index in [1.54, 1.807) is 6.07 Å². The summed E-state index contributed by atoms with van der Waals surface area (Å²) < 4.78 is 11.6. The van der Waals surface area contributed by atoms with Gasteiger partial charge in [-0.1, -0.05) is 42.5 Å².